The summed E-state index contributed by atoms with van der Waals surface area (Å²) < 4.78 is 12.3. The predicted molar refractivity (Wildman–Crippen MR) is 164 cm³/mol. The number of rotatable bonds is 9. The van der Waals surface area contributed by atoms with E-state index in [1.807, 2.05) is 25.1 Å². The number of hydrogen-bond acceptors (Lipinski definition) is 5. The van der Waals surface area contributed by atoms with E-state index in [1.165, 1.54) is 11.1 Å². The Morgan fingerprint density at radius 3 is 2.54 bits per heavy atom. The van der Waals surface area contributed by atoms with Crippen molar-refractivity contribution < 1.29 is 14.1 Å². The van der Waals surface area contributed by atoms with E-state index < -0.39 is 0 Å². The van der Waals surface area contributed by atoms with Gasteiger partial charge < -0.3 is 14.6 Å². The molecule has 0 bridgehead atoms. The van der Waals surface area contributed by atoms with Gasteiger partial charge in [0.25, 0.3) is 5.91 Å². The van der Waals surface area contributed by atoms with Crippen LogP contribution in [0.4, 0.5) is 0 Å². The first kappa shape index (κ1) is 28.6. The smallest absolute Gasteiger partial charge is 0.274 e. The summed E-state index contributed by atoms with van der Waals surface area (Å²) >= 11 is 0. The van der Waals surface area contributed by atoms with Gasteiger partial charge in [0.05, 0.1) is 5.56 Å². The maximum atomic E-state index is 13.2. The van der Waals surface area contributed by atoms with Crippen LogP contribution in [-0.2, 0) is 19.6 Å². The molecule has 0 radical (unpaired) electrons. The highest BCUT2D eigenvalue weighted by Crippen LogP contribution is 2.41. The van der Waals surface area contributed by atoms with Gasteiger partial charge >= 0.3 is 0 Å². The van der Waals surface area contributed by atoms with Crippen molar-refractivity contribution in [2.45, 2.75) is 73.1 Å². The highest BCUT2D eigenvalue weighted by atomic mass is 16.5. The molecule has 0 spiro atoms. The summed E-state index contributed by atoms with van der Waals surface area (Å²) in [5, 5.41) is 7.24. The Balaban J connectivity index is 1.58. The zero-order valence-electron chi connectivity index (χ0n) is 25.1. The Bertz CT molecular complexity index is 1520. The topological polar surface area (TPSA) is 67.6 Å². The van der Waals surface area contributed by atoms with Gasteiger partial charge in [0, 0.05) is 31.2 Å². The zero-order chi connectivity index (χ0) is 29.1. The largest absolute Gasteiger partial charge is 0.489 e. The van der Waals surface area contributed by atoms with Crippen molar-refractivity contribution in [1.29, 1.82) is 0 Å². The number of carbonyl (C=O) groups is 1. The molecule has 0 aliphatic carbocycles. The van der Waals surface area contributed by atoms with Crippen LogP contribution in [0.5, 0.6) is 5.75 Å². The van der Waals surface area contributed by atoms with E-state index in [2.05, 4.69) is 92.5 Å². The molecule has 1 N–H and O–H groups in total. The summed E-state index contributed by atoms with van der Waals surface area (Å²) in [5.74, 6) is 1.46. The number of nitrogens with zero attached hydrogens (tertiary/aromatic N) is 2. The third-order valence-electron chi connectivity index (χ3n) is 7.97. The zero-order valence-corrected chi connectivity index (χ0v) is 25.1. The lowest BCUT2D eigenvalue weighted by Gasteiger charge is -2.32. The molecule has 0 fully saturated rings. The van der Waals surface area contributed by atoms with E-state index in [1.54, 1.807) is 0 Å². The maximum absolute atomic E-state index is 13.2. The number of carbonyl (C=O) groups excluding carboxylic acids is 1. The average Bonchev–Trinajstić information content (AvgIpc) is 3.41. The Hall–Kier alpha value is -3.90. The first-order valence-electron chi connectivity index (χ1n) is 14.7. The molecular weight excluding hydrogens is 510 g/mol. The SMILES string of the molecule is CCNC(=O)c1noc(-c2cc(C(C)C)c(OCc3ccccc3)cc2C)c1-c1ccc2c(c1)CCN(C(C)C)C2. The Morgan fingerprint density at radius 2 is 1.83 bits per heavy atom. The van der Waals surface area contributed by atoms with Crippen LogP contribution < -0.4 is 10.1 Å². The normalized spacial score (nSPS) is 13.5. The van der Waals surface area contributed by atoms with Crippen LogP contribution in [0.15, 0.2) is 65.2 Å². The van der Waals surface area contributed by atoms with Gasteiger partial charge in [0.1, 0.15) is 12.4 Å². The molecule has 2 heterocycles. The minimum absolute atomic E-state index is 0.224. The van der Waals surface area contributed by atoms with E-state index in [0.717, 1.165) is 58.6 Å². The second-order valence-corrected chi connectivity index (χ2v) is 11.5. The molecule has 1 aliphatic heterocycles. The van der Waals surface area contributed by atoms with Crippen molar-refractivity contribution in [2.24, 2.45) is 0 Å². The molecular formula is C35H41N3O3. The first-order chi connectivity index (χ1) is 19.8. The summed E-state index contributed by atoms with van der Waals surface area (Å²) in [6, 6.07) is 21.5. The van der Waals surface area contributed by atoms with Crippen LogP contribution in [0.2, 0.25) is 0 Å². The van der Waals surface area contributed by atoms with Crippen molar-refractivity contribution in [3.8, 4) is 28.2 Å². The molecule has 5 rings (SSSR count). The summed E-state index contributed by atoms with van der Waals surface area (Å²) in [5.41, 5.74) is 8.79. The van der Waals surface area contributed by atoms with Crippen molar-refractivity contribution in [3.05, 3.63) is 94.2 Å². The van der Waals surface area contributed by atoms with Crippen LogP contribution in [-0.4, -0.2) is 35.1 Å². The lowest BCUT2D eigenvalue weighted by Crippen LogP contribution is -2.35. The predicted octanol–water partition coefficient (Wildman–Crippen LogP) is 7.54. The third-order valence-corrected chi connectivity index (χ3v) is 7.97. The van der Waals surface area contributed by atoms with Gasteiger partial charge in [-0.15, -0.1) is 0 Å². The molecule has 1 aliphatic rings. The second kappa shape index (κ2) is 12.3. The third kappa shape index (κ3) is 6.08. The standard InChI is InChI=1S/C35H41N3O3/c1-7-36-35(39)33-32(27-13-14-28-20-38(23(4)5)16-15-26(28)18-27)34(41-37-33)30-19-29(22(2)3)31(17-24(30)6)40-21-25-11-9-8-10-12-25/h8-14,17-19,22-23H,7,15-16,20-21H2,1-6H3,(H,36,39). The Kier molecular flexibility index (Phi) is 8.60. The van der Waals surface area contributed by atoms with Crippen molar-refractivity contribution in [1.82, 2.24) is 15.4 Å². The molecule has 214 valence electrons. The number of aromatic nitrogens is 1. The highest BCUT2D eigenvalue weighted by molar-refractivity contribution is 6.02. The minimum atomic E-state index is -0.231. The summed E-state index contributed by atoms with van der Waals surface area (Å²) in [4.78, 5) is 15.7. The Labute approximate surface area is 243 Å². The van der Waals surface area contributed by atoms with E-state index >= 15 is 0 Å². The number of amides is 1. The van der Waals surface area contributed by atoms with Gasteiger partial charge in [-0.25, -0.2) is 0 Å². The molecule has 3 aromatic carbocycles. The minimum Gasteiger partial charge on any atom is -0.489 e. The molecule has 0 atom stereocenters. The van der Waals surface area contributed by atoms with Gasteiger partial charge in [-0.3, -0.25) is 9.69 Å². The number of fused-ring (bicyclic) bond motifs is 1. The van der Waals surface area contributed by atoms with Crippen LogP contribution >= 0.6 is 0 Å². The van der Waals surface area contributed by atoms with E-state index in [9.17, 15) is 4.79 Å². The van der Waals surface area contributed by atoms with E-state index in [-0.39, 0.29) is 11.8 Å². The van der Waals surface area contributed by atoms with Crippen molar-refractivity contribution in [3.63, 3.8) is 0 Å². The molecule has 1 aromatic heterocycles. The van der Waals surface area contributed by atoms with Gasteiger partial charge in [-0.1, -0.05) is 67.5 Å². The van der Waals surface area contributed by atoms with Crippen LogP contribution in [0.3, 0.4) is 0 Å². The van der Waals surface area contributed by atoms with Crippen molar-refractivity contribution >= 4 is 5.91 Å². The molecule has 6 nitrogen and oxygen atoms in total. The molecule has 6 heteroatoms. The monoisotopic (exact) mass is 551 g/mol. The maximum Gasteiger partial charge on any atom is 0.274 e. The molecule has 0 saturated carbocycles. The van der Waals surface area contributed by atoms with Crippen LogP contribution in [0.1, 0.15) is 78.8 Å². The van der Waals surface area contributed by atoms with E-state index in [0.29, 0.717) is 30.6 Å². The second-order valence-electron chi connectivity index (χ2n) is 11.5. The first-order valence-corrected chi connectivity index (χ1v) is 14.7. The molecule has 0 unspecified atom stereocenters. The highest BCUT2D eigenvalue weighted by Gasteiger charge is 2.28. The van der Waals surface area contributed by atoms with E-state index in [4.69, 9.17) is 9.26 Å². The quantitative estimate of drug-likeness (QED) is 0.233. The van der Waals surface area contributed by atoms with Gasteiger partial charge in [0.15, 0.2) is 11.5 Å². The summed E-state index contributed by atoms with van der Waals surface area (Å²) in [7, 11) is 0. The van der Waals surface area contributed by atoms with Gasteiger partial charge in [0.2, 0.25) is 0 Å². The lowest BCUT2D eigenvalue weighted by molar-refractivity contribution is 0.0947. The average molecular weight is 552 g/mol. The number of aryl methyl sites for hydroxylation is 1. The van der Waals surface area contributed by atoms with Gasteiger partial charge in [-0.05, 0) is 85.5 Å². The fraction of sp³-hybridized carbons (Fsp3) is 0.371. The number of hydrogen-bond donors (Lipinski definition) is 1. The Morgan fingerprint density at radius 1 is 1.05 bits per heavy atom. The number of ether oxygens (including phenoxy) is 1. The molecule has 41 heavy (non-hydrogen) atoms. The lowest BCUT2D eigenvalue weighted by atomic mass is 9.90. The van der Waals surface area contributed by atoms with Crippen molar-refractivity contribution in [2.75, 3.05) is 13.1 Å². The summed E-state index contributed by atoms with van der Waals surface area (Å²) in [6.07, 6.45) is 0.975. The molecule has 1 amide bonds. The number of benzene rings is 3. The van der Waals surface area contributed by atoms with Crippen LogP contribution in [0.25, 0.3) is 22.5 Å². The molecule has 4 aromatic rings. The fourth-order valence-corrected chi connectivity index (χ4v) is 5.57. The molecule has 0 saturated heterocycles. The number of nitrogens with one attached hydrogen (secondary N) is 1. The summed E-state index contributed by atoms with van der Waals surface area (Å²) in [6.45, 7) is 15.7. The van der Waals surface area contributed by atoms with Crippen LogP contribution in [0, 0.1) is 6.92 Å². The van der Waals surface area contributed by atoms with Gasteiger partial charge in [-0.2, -0.15) is 0 Å². The fourth-order valence-electron chi connectivity index (χ4n) is 5.57.